The van der Waals surface area contributed by atoms with E-state index in [2.05, 4.69) is 5.32 Å². The summed E-state index contributed by atoms with van der Waals surface area (Å²) in [6.45, 7) is 2.96. The monoisotopic (exact) mass is 615 g/mol. The minimum Gasteiger partial charge on any atom is -0.352 e. The molecule has 1 aliphatic carbocycles. The van der Waals surface area contributed by atoms with Gasteiger partial charge < -0.3 is 10.2 Å². The van der Waals surface area contributed by atoms with Gasteiger partial charge in [0.25, 0.3) is 10.0 Å². The van der Waals surface area contributed by atoms with Gasteiger partial charge in [-0.05, 0) is 68.1 Å². The molecule has 1 N–H and O–H groups in total. The first-order valence-electron chi connectivity index (χ1n) is 13.7. The molecule has 3 aromatic carbocycles. The Balaban J connectivity index is 1.69. The van der Waals surface area contributed by atoms with E-state index in [-0.39, 0.29) is 29.1 Å². The molecule has 0 bridgehead atoms. The SMILES string of the molecule is Cc1ccc(N(CC(=O)N(Cc2ccccc2Cl)[C@H](C)C(=O)NC2CCCCC2)S(=O)(=O)c2ccccc2)cc1Cl. The Morgan fingerprint density at radius 1 is 0.927 bits per heavy atom. The van der Waals surface area contributed by atoms with Crippen LogP contribution in [0.15, 0.2) is 77.7 Å². The number of amides is 2. The number of carbonyl (C=O) groups is 2. The van der Waals surface area contributed by atoms with Crippen molar-refractivity contribution < 1.29 is 18.0 Å². The van der Waals surface area contributed by atoms with E-state index in [0.29, 0.717) is 15.6 Å². The zero-order valence-corrected chi connectivity index (χ0v) is 25.6. The van der Waals surface area contributed by atoms with Crippen molar-refractivity contribution in [3.63, 3.8) is 0 Å². The first-order valence-corrected chi connectivity index (χ1v) is 15.9. The minimum absolute atomic E-state index is 0.0326. The van der Waals surface area contributed by atoms with Gasteiger partial charge in [-0.2, -0.15) is 0 Å². The summed E-state index contributed by atoms with van der Waals surface area (Å²) >= 11 is 12.8. The number of benzene rings is 3. The fourth-order valence-corrected chi connectivity index (χ4v) is 6.74. The molecule has 0 heterocycles. The highest BCUT2D eigenvalue weighted by atomic mass is 35.5. The smallest absolute Gasteiger partial charge is 0.264 e. The van der Waals surface area contributed by atoms with Crippen LogP contribution in [0.3, 0.4) is 0 Å². The number of nitrogens with one attached hydrogen (secondary N) is 1. The summed E-state index contributed by atoms with van der Waals surface area (Å²) in [5, 5.41) is 3.91. The zero-order chi connectivity index (χ0) is 29.6. The fourth-order valence-electron chi connectivity index (χ4n) is 4.95. The van der Waals surface area contributed by atoms with Gasteiger partial charge in [-0.25, -0.2) is 8.42 Å². The summed E-state index contributed by atoms with van der Waals surface area (Å²) in [7, 11) is -4.16. The maximum atomic E-state index is 14.1. The number of aryl methyl sites for hydroxylation is 1. The lowest BCUT2D eigenvalue weighted by molar-refractivity contribution is -0.139. The highest BCUT2D eigenvalue weighted by Gasteiger charge is 2.33. The van der Waals surface area contributed by atoms with Gasteiger partial charge in [0.2, 0.25) is 11.8 Å². The van der Waals surface area contributed by atoms with Crippen LogP contribution in [0, 0.1) is 6.92 Å². The highest BCUT2D eigenvalue weighted by molar-refractivity contribution is 7.92. The molecule has 0 radical (unpaired) electrons. The van der Waals surface area contributed by atoms with Gasteiger partial charge in [0.1, 0.15) is 12.6 Å². The van der Waals surface area contributed by atoms with Gasteiger partial charge in [0.05, 0.1) is 10.6 Å². The summed E-state index contributed by atoms with van der Waals surface area (Å²) in [4.78, 5) is 28.9. The van der Waals surface area contributed by atoms with Crippen LogP contribution in [-0.4, -0.2) is 43.8 Å². The van der Waals surface area contributed by atoms with Gasteiger partial charge >= 0.3 is 0 Å². The van der Waals surface area contributed by atoms with Gasteiger partial charge in [0.15, 0.2) is 0 Å². The number of rotatable bonds is 10. The quantitative estimate of drug-likeness (QED) is 0.287. The molecule has 0 aliphatic heterocycles. The largest absolute Gasteiger partial charge is 0.352 e. The van der Waals surface area contributed by atoms with Crippen molar-refractivity contribution in [3.05, 3.63) is 94.0 Å². The van der Waals surface area contributed by atoms with Crippen LogP contribution in [-0.2, 0) is 26.2 Å². The van der Waals surface area contributed by atoms with Crippen LogP contribution < -0.4 is 9.62 Å². The predicted molar refractivity (Wildman–Crippen MR) is 164 cm³/mol. The van der Waals surface area contributed by atoms with E-state index < -0.39 is 28.5 Å². The second-order valence-electron chi connectivity index (χ2n) is 10.4. The molecule has 1 atom stereocenters. The molecular weight excluding hydrogens is 581 g/mol. The number of sulfonamides is 1. The van der Waals surface area contributed by atoms with Gasteiger partial charge in [-0.3, -0.25) is 13.9 Å². The van der Waals surface area contributed by atoms with Crippen molar-refractivity contribution in [2.24, 2.45) is 0 Å². The van der Waals surface area contributed by atoms with Gasteiger partial charge in [-0.1, -0.05) is 84.9 Å². The maximum Gasteiger partial charge on any atom is 0.264 e. The third kappa shape index (κ3) is 7.61. The molecule has 0 saturated heterocycles. The van der Waals surface area contributed by atoms with E-state index in [1.165, 1.54) is 23.1 Å². The normalized spacial score (nSPS) is 14.7. The Kier molecular flexibility index (Phi) is 10.3. The zero-order valence-electron chi connectivity index (χ0n) is 23.2. The van der Waals surface area contributed by atoms with Crippen LogP contribution in [0.4, 0.5) is 5.69 Å². The Morgan fingerprint density at radius 2 is 1.59 bits per heavy atom. The Morgan fingerprint density at radius 3 is 2.24 bits per heavy atom. The van der Waals surface area contributed by atoms with Crippen LogP contribution in [0.2, 0.25) is 10.0 Å². The van der Waals surface area contributed by atoms with Crippen molar-refractivity contribution in [2.45, 2.75) is 69.5 Å². The molecule has 7 nitrogen and oxygen atoms in total. The van der Waals surface area contributed by atoms with Gasteiger partial charge in [0, 0.05) is 22.6 Å². The lowest BCUT2D eigenvalue weighted by Crippen LogP contribution is -2.53. The number of carbonyl (C=O) groups excluding carboxylic acids is 2. The van der Waals surface area contributed by atoms with Crippen molar-refractivity contribution in [3.8, 4) is 0 Å². The first-order chi connectivity index (χ1) is 19.6. The molecule has 2 amide bonds. The molecule has 0 spiro atoms. The van der Waals surface area contributed by atoms with Crippen molar-refractivity contribution in [2.75, 3.05) is 10.8 Å². The Labute approximate surface area is 252 Å². The van der Waals surface area contributed by atoms with E-state index in [4.69, 9.17) is 23.2 Å². The average Bonchev–Trinajstić information content (AvgIpc) is 2.97. The van der Waals surface area contributed by atoms with Crippen LogP contribution in [0.25, 0.3) is 0 Å². The van der Waals surface area contributed by atoms with E-state index in [0.717, 1.165) is 42.0 Å². The van der Waals surface area contributed by atoms with Gasteiger partial charge in [-0.15, -0.1) is 0 Å². The summed E-state index contributed by atoms with van der Waals surface area (Å²) in [6.07, 6.45) is 5.04. The number of hydrogen-bond donors (Lipinski definition) is 1. The minimum atomic E-state index is -4.16. The molecule has 10 heteroatoms. The number of anilines is 1. The molecule has 1 fully saturated rings. The summed E-state index contributed by atoms with van der Waals surface area (Å²) in [5.41, 5.74) is 1.66. The summed E-state index contributed by atoms with van der Waals surface area (Å²) < 4.78 is 28.8. The number of nitrogens with zero attached hydrogens (tertiary/aromatic N) is 2. The lowest BCUT2D eigenvalue weighted by atomic mass is 9.95. The molecule has 218 valence electrons. The number of hydrogen-bond acceptors (Lipinski definition) is 4. The maximum absolute atomic E-state index is 14.1. The molecule has 4 rings (SSSR count). The predicted octanol–water partition coefficient (Wildman–Crippen LogP) is 6.36. The summed E-state index contributed by atoms with van der Waals surface area (Å²) in [6, 6.07) is 19.0. The van der Waals surface area contributed by atoms with Crippen LogP contribution in [0.5, 0.6) is 0 Å². The van der Waals surface area contributed by atoms with Crippen molar-refractivity contribution in [1.29, 1.82) is 0 Å². The van der Waals surface area contributed by atoms with E-state index in [1.807, 2.05) is 6.92 Å². The Bertz CT molecular complexity index is 1480. The second kappa shape index (κ2) is 13.7. The molecule has 1 aliphatic rings. The van der Waals surface area contributed by atoms with E-state index in [9.17, 15) is 18.0 Å². The number of halogens is 2. The standard InChI is InChI=1S/C31H35Cl2N3O4S/c1-22-17-18-26(19-29(22)33)36(41(39,40)27-14-7-4-8-15-27)21-30(37)35(20-24-11-9-10-16-28(24)32)23(2)31(38)34-25-12-5-3-6-13-25/h4,7-11,14-19,23,25H,3,5-6,12-13,20-21H2,1-2H3,(H,34,38)/t23-/m1/s1. The highest BCUT2D eigenvalue weighted by Crippen LogP contribution is 2.29. The first kappa shape index (κ1) is 30.9. The third-order valence-corrected chi connectivity index (χ3v) is 10.0. The average molecular weight is 617 g/mol. The lowest BCUT2D eigenvalue weighted by Gasteiger charge is -2.33. The second-order valence-corrected chi connectivity index (χ2v) is 13.1. The molecular formula is C31H35Cl2N3O4S. The fraction of sp³-hybridized carbons (Fsp3) is 0.355. The van der Waals surface area contributed by atoms with E-state index >= 15 is 0 Å². The molecule has 0 aromatic heterocycles. The topological polar surface area (TPSA) is 86.8 Å². The summed E-state index contributed by atoms with van der Waals surface area (Å²) in [5.74, 6) is -0.833. The van der Waals surface area contributed by atoms with Crippen LogP contribution in [0.1, 0.15) is 50.2 Å². The third-order valence-electron chi connectivity index (χ3n) is 7.47. The molecule has 1 saturated carbocycles. The van der Waals surface area contributed by atoms with Crippen molar-refractivity contribution >= 4 is 50.7 Å². The Hall–Kier alpha value is -3.07. The van der Waals surface area contributed by atoms with Crippen LogP contribution >= 0.6 is 23.2 Å². The molecule has 0 unspecified atom stereocenters. The molecule has 3 aromatic rings. The van der Waals surface area contributed by atoms with Crippen molar-refractivity contribution in [1.82, 2.24) is 10.2 Å². The van der Waals surface area contributed by atoms with E-state index in [1.54, 1.807) is 61.5 Å². The molecule has 41 heavy (non-hydrogen) atoms.